The Kier molecular flexibility index (Phi) is 4.20. The molecule has 2 rings (SSSR count). The summed E-state index contributed by atoms with van der Waals surface area (Å²) in [6.45, 7) is 3.46. The molecule has 1 heterocycles. The van der Waals surface area contributed by atoms with Gasteiger partial charge in [-0.1, -0.05) is 30.1 Å². The van der Waals surface area contributed by atoms with Crippen molar-refractivity contribution in [1.82, 2.24) is 9.71 Å². The maximum atomic E-state index is 9.73. The number of nitrogens with one attached hydrogen (secondary N) is 1. The quantitative estimate of drug-likeness (QED) is 0.851. The molecule has 5 nitrogen and oxygen atoms in total. The van der Waals surface area contributed by atoms with Crippen LogP contribution in [0.4, 0.5) is 0 Å². The summed E-state index contributed by atoms with van der Waals surface area (Å²) >= 11 is 11.9. The Labute approximate surface area is 125 Å². The highest BCUT2D eigenvalue weighted by Gasteiger charge is 2.13. The molecule has 0 saturated carbocycles. The minimum Gasteiger partial charge on any atom is -0.437 e. The minimum atomic E-state index is -0.0723. The first kappa shape index (κ1) is 14.7. The Hall–Kier alpha value is -1.72. The molecule has 1 aromatic heterocycles. The number of benzene rings is 1. The van der Waals surface area contributed by atoms with Crippen molar-refractivity contribution in [2.24, 2.45) is 0 Å². The zero-order valence-electron chi connectivity index (χ0n) is 10.9. The van der Waals surface area contributed by atoms with Crippen molar-refractivity contribution in [2.45, 2.75) is 20.3 Å². The van der Waals surface area contributed by atoms with Crippen LogP contribution in [0.15, 0.2) is 18.2 Å². The van der Waals surface area contributed by atoms with Gasteiger partial charge >= 0.3 is 0 Å². The Bertz CT molecular complexity index is 713. The number of rotatable bonds is 3. The van der Waals surface area contributed by atoms with Crippen LogP contribution < -0.4 is 10.2 Å². The first-order valence-electron chi connectivity index (χ1n) is 5.93. The fraction of sp³-hybridized carbons (Fsp3) is 0.231. The largest absolute Gasteiger partial charge is 0.437 e. The van der Waals surface area contributed by atoms with Crippen LogP contribution in [0.3, 0.4) is 0 Å². The molecule has 0 atom stereocenters. The molecule has 2 N–H and O–H groups in total. The zero-order chi connectivity index (χ0) is 14.9. The second-order valence-corrected chi connectivity index (χ2v) is 4.99. The molecule has 0 spiro atoms. The van der Waals surface area contributed by atoms with Gasteiger partial charge in [0.05, 0.1) is 10.6 Å². The SMILES string of the molecule is CCc1nc(Oc2ccc(Cl)cc2Cl)c(C)c(=N)n1O. The van der Waals surface area contributed by atoms with Crippen molar-refractivity contribution < 1.29 is 9.94 Å². The van der Waals surface area contributed by atoms with E-state index in [0.717, 1.165) is 4.73 Å². The molecule has 0 amide bonds. The van der Waals surface area contributed by atoms with Crippen LogP contribution in [0.2, 0.25) is 10.0 Å². The molecular formula is C13H13Cl2N3O2. The molecule has 0 aliphatic rings. The van der Waals surface area contributed by atoms with Gasteiger partial charge in [0.1, 0.15) is 5.75 Å². The standard InChI is InChI=1S/C13H13Cl2N3O2/c1-3-11-17-13(7(2)12(16)18(11)19)20-10-5-4-8(14)6-9(10)15/h4-6,16,19H,3H2,1-2H3. The highest BCUT2D eigenvalue weighted by Crippen LogP contribution is 2.31. The van der Waals surface area contributed by atoms with Crippen molar-refractivity contribution in [1.29, 1.82) is 5.41 Å². The van der Waals surface area contributed by atoms with Crippen LogP contribution in [-0.4, -0.2) is 14.9 Å². The third kappa shape index (κ3) is 2.73. The van der Waals surface area contributed by atoms with E-state index < -0.39 is 0 Å². The van der Waals surface area contributed by atoms with Crippen LogP contribution in [0.25, 0.3) is 0 Å². The molecule has 0 fully saturated rings. The molecule has 0 aliphatic heterocycles. The maximum absolute atomic E-state index is 9.73. The number of hydrogen-bond acceptors (Lipinski definition) is 4. The lowest BCUT2D eigenvalue weighted by atomic mass is 10.3. The van der Waals surface area contributed by atoms with Gasteiger partial charge in [0.15, 0.2) is 11.3 Å². The first-order valence-corrected chi connectivity index (χ1v) is 6.69. The zero-order valence-corrected chi connectivity index (χ0v) is 12.5. The monoisotopic (exact) mass is 313 g/mol. The van der Waals surface area contributed by atoms with E-state index >= 15 is 0 Å². The van der Waals surface area contributed by atoms with Gasteiger partial charge in [-0.3, -0.25) is 5.41 Å². The normalized spacial score (nSPS) is 10.6. The smallest absolute Gasteiger partial charge is 0.227 e. The Morgan fingerprint density at radius 2 is 2.10 bits per heavy atom. The number of hydrogen-bond donors (Lipinski definition) is 2. The van der Waals surface area contributed by atoms with Gasteiger partial charge in [-0.15, -0.1) is 0 Å². The van der Waals surface area contributed by atoms with E-state index in [2.05, 4.69) is 4.98 Å². The van der Waals surface area contributed by atoms with Crippen molar-refractivity contribution in [2.75, 3.05) is 0 Å². The molecule has 0 saturated heterocycles. The lowest BCUT2D eigenvalue weighted by Gasteiger charge is -2.12. The lowest BCUT2D eigenvalue weighted by molar-refractivity contribution is 0.153. The molecule has 106 valence electrons. The fourth-order valence-electron chi connectivity index (χ4n) is 1.63. The summed E-state index contributed by atoms with van der Waals surface area (Å²) in [6.07, 6.45) is 0.466. The Morgan fingerprint density at radius 3 is 2.70 bits per heavy atom. The Morgan fingerprint density at radius 1 is 1.40 bits per heavy atom. The van der Waals surface area contributed by atoms with E-state index in [1.807, 2.05) is 6.92 Å². The fourth-order valence-corrected chi connectivity index (χ4v) is 2.08. The van der Waals surface area contributed by atoms with E-state index in [4.69, 9.17) is 33.3 Å². The number of ether oxygens (including phenoxy) is 1. The minimum absolute atomic E-state index is 0.0723. The molecule has 7 heteroatoms. The Balaban J connectivity index is 2.48. The van der Waals surface area contributed by atoms with E-state index in [9.17, 15) is 5.21 Å². The van der Waals surface area contributed by atoms with Crippen molar-refractivity contribution in [3.05, 3.63) is 45.1 Å². The van der Waals surface area contributed by atoms with Crippen LogP contribution in [0.1, 0.15) is 18.3 Å². The molecule has 2 aromatic rings. The maximum Gasteiger partial charge on any atom is 0.227 e. The average molecular weight is 314 g/mol. The number of halogens is 2. The van der Waals surface area contributed by atoms with E-state index in [1.54, 1.807) is 25.1 Å². The highest BCUT2D eigenvalue weighted by atomic mass is 35.5. The third-order valence-corrected chi connectivity index (χ3v) is 3.31. The summed E-state index contributed by atoms with van der Waals surface area (Å²) in [5, 5.41) is 18.4. The van der Waals surface area contributed by atoms with Crippen molar-refractivity contribution in [3.63, 3.8) is 0 Å². The molecule has 0 aliphatic carbocycles. The van der Waals surface area contributed by atoms with E-state index in [1.165, 1.54) is 0 Å². The predicted molar refractivity (Wildman–Crippen MR) is 75.9 cm³/mol. The number of nitrogens with zero attached hydrogens (tertiary/aromatic N) is 2. The molecule has 20 heavy (non-hydrogen) atoms. The van der Waals surface area contributed by atoms with Gasteiger partial charge in [0, 0.05) is 11.4 Å². The summed E-state index contributed by atoms with van der Waals surface area (Å²) in [7, 11) is 0. The summed E-state index contributed by atoms with van der Waals surface area (Å²) < 4.78 is 6.37. The third-order valence-electron chi connectivity index (χ3n) is 2.78. The predicted octanol–water partition coefficient (Wildman–Crippen LogP) is 3.57. The van der Waals surface area contributed by atoms with Crippen LogP contribution in [0.5, 0.6) is 11.6 Å². The number of aromatic nitrogens is 2. The molecule has 0 bridgehead atoms. The van der Waals surface area contributed by atoms with Gasteiger partial charge in [-0.05, 0) is 25.1 Å². The first-order chi connectivity index (χ1) is 9.43. The summed E-state index contributed by atoms with van der Waals surface area (Å²) in [5.41, 5.74) is 0.340. The highest BCUT2D eigenvalue weighted by molar-refractivity contribution is 6.35. The molecule has 0 radical (unpaired) electrons. The lowest BCUT2D eigenvalue weighted by Crippen LogP contribution is -2.25. The van der Waals surface area contributed by atoms with E-state index in [-0.39, 0.29) is 11.4 Å². The van der Waals surface area contributed by atoms with Crippen LogP contribution in [0, 0.1) is 12.3 Å². The van der Waals surface area contributed by atoms with Crippen molar-refractivity contribution in [3.8, 4) is 11.6 Å². The number of aryl methyl sites for hydroxylation is 1. The second kappa shape index (κ2) is 5.73. The topological polar surface area (TPSA) is 71.1 Å². The molecule has 1 aromatic carbocycles. The van der Waals surface area contributed by atoms with Crippen LogP contribution in [-0.2, 0) is 6.42 Å². The molecular weight excluding hydrogens is 301 g/mol. The van der Waals surface area contributed by atoms with Gasteiger partial charge < -0.3 is 9.94 Å². The van der Waals surface area contributed by atoms with Gasteiger partial charge in [-0.25, -0.2) is 0 Å². The van der Waals surface area contributed by atoms with Gasteiger partial charge in [0.2, 0.25) is 5.88 Å². The van der Waals surface area contributed by atoms with Crippen LogP contribution >= 0.6 is 23.2 Å². The van der Waals surface area contributed by atoms with Crippen molar-refractivity contribution >= 4 is 23.2 Å². The summed E-state index contributed by atoms with van der Waals surface area (Å²) in [4.78, 5) is 4.19. The second-order valence-electron chi connectivity index (χ2n) is 4.15. The summed E-state index contributed by atoms with van der Waals surface area (Å²) in [5.74, 6) is 0.964. The molecule has 0 unspecified atom stereocenters. The van der Waals surface area contributed by atoms with Gasteiger partial charge in [0.25, 0.3) is 0 Å². The van der Waals surface area contributed by atoms with E-state index in [0.29, 0.717) is 33.6 Å². The van der Waals surface area contributed by atoms with Gasteiger partial charge in [-0.2, -0.15) is 9.71 Å². The average Bonchev–Trinajstić information content (AvgIpc) is 2.42. The summed E-state index contributed by atoms with van der Waals surface area (Å²) in [6, 6.07) is 4.84.